The number of carbonyl (C=O) groups is 3. The maximum absolute atomic E-state index is 14.3. The van der Waals surface area contributed by atoms with E-state index in [1.165, 1.54) is 18.2 Å². The van der Waals surface area contributed by atoms with E-state index in [1.54, 1.807) is 6.07 Å². The highest BCUT2D eigenvalue weighted by Gasteiger charge is 2.38. The highest BCUT2D eigenvalue weighted by atomic mass is 35.5. The Morgan fingerprint density at radius 1 is 0.918 bits per heavy atom. The number of carboxylic acid groups (broad SMARTS) is 1. The second-order valence-corrected chi connectivity index (χ2v) is 11.7. The Morgan fingerprint density at radius 3 is 2.10 bits per heavy atom. The van der Waals surface area contributed by atoms with Gasteiger partial charge < -0.3 is 30.3 Å². The number of carboxylic acids is 1. The van der Waals surface area contributed by atoms with E-state index in [0.29, 0.717) is 11.3 Å². The lowest BCUT2D eigenvalue weighted by Gasteiger charge is -2.30. The minimum atomic E-state index is -5.08. The summed E-state index contributed by atoms with van der Waals surface area (Å²) in [6, 6.07) is 12.5. The van der Waals surface area contributed by atoms with Crippen molar-refractivity contribution in [2.24, 2.45) is 0 Å². The summed E-state index contributed by atoms with van der Waals surface area (Å²) in [6.45, 7) is 3.66. The van der Waals surface area contributed by atoms with Crippen LogP contribution in [0.1, 0.15) is 46.4 Å². The molecule has 2 aliphatic heterocycles. The molecule has 3 aromatic carbocycles. The van der Waals surface area contributed by atoms with Crippen molar-refractivity contribution in [3.05, 3.63) is 86.7 Å². The average molecular weight is 710 g/mol. The molecule has 0 spiro atoms. The summed E-state index contributed by atoms with van der Waals surface area (Å²) in [7, 11) is 2.06. The zero-order valence-corrected chi connectivity index (χ0v) is 26.8. The van der Waals surface area contributed by atoms with Crippen molar-refractivity contribution in [2.75, 3.05) is 48.8 Å². The van der Waals surface area contributed by atoms with Gasteiger partial charge >= 0.3 is 12.1 Å². The van der Waals surface area contributed by atoms with Crippen molar-refractivity contribution < 1.29 is 46.7 Å². The first-order valence-electron chi connectivity index (χ1n) is 15.0. The van der Waals surface area contributed by atoms with Gasteiger partial charge in [-0.3, -0.25) is 19.7 Å². The van der Waals surface area contributed by atoms with Crippen LogP contribution in [0.25, 0.3) is 0 Å². The number of nitro groups is 1. The molecule has 2 amide bonds. The van der Waals surface area contributed by atoms with Crippen LogP contribution in [0.15, 0.2) is 54.6 Å². The molecule has 0 aromatic heterocycles. The van der Waals surface area contributed by atoms with E-state index >= 15 is 0 Å². The molecule has 0 radical (unpaired) electrons. The van der Waals surface area contributed by atoms with Gasteiger partial charge in [0.25, 0.3) is 17.5 Å². The van der Waals surface area contributed by atoms with Gasteiger partial charge in [0, 0.05) is 50.1 Å². The van der Waals surface area contributed by atoms with Crippen LogP contribution < -0.4 is 20.3 Å². The molecular formula is C32H32ClF4N5O7. The third kappa shape index (κ3) is 10.0. The average Bonchev–Trinajstić information content (AvgIpc) is 3.59. The number of amides is 2. The smallest absolute Gasteiger partial charge is 0.489 e. The standard InChI is InChI=1S/C30H31ClFN5O5.C2HF3O2/c1-35-14-10-22(11-15-35)42-28-18-20(36-12-2-3-13-36)5-7-23(28)29(38)33-26-8-4-19(32)16-24(26)30(39)34-27-9-6-21(37(40)41)17-25(27)31;3-2(4,5)1(6)7/h4-9,16-18,22H,2-3,10-15H2,1H3,(H,33,38)(H,34,39);(H,6,7). The number of alkyl halides is 3. The summed E-state index contributed by atoms with van der Waals surface area (Å²) in [5.41, 5.74) is 1.06. The highest BCUT2D eigenvalue weighted by molar-refractivity contribution is 6.34. The van der Waals surface area contributed by atoms with Crippen molar-refractivity contribution in [2.45, 2.75) is 38.0 Å². The highest BCUT2D eigenvalue weighted by Crippen LogP contribution is 2.32. The van der Waals surface area contributed by atoms with Crippen molar-refractivity contribution in [1.29, 1.82) is 0 Å². The van der Waals surface area contributed by atoms with E-state index in [4.69, 9.17) is 26.2 Å². The summed E-state index contributed by atoms with van der Waals surface area (Å²) in [5, 5.41) is 23.3. The number of aliphatic carboxylic acids is 1. The van der Waals surface area contributed by atoms with E-state index in [1.807, 2.05) is 12.1 Å². The molecule has 2 saturated heterocycles. The quantitative estimate of drug-likeness (QED) is 0.133. The van der Waals surface area contributed by atoms with Crippen LogP contribution in [0.4, 0.5) is 40.3 Å². The Balaban J connectivity index is 0.000000698. The number of halogens is 5. The predicted molar refractivity (Wildman–Crippen MR) is 173 cm³/mol. The van der Waals surface area contributed by atoms with Gasteiger partial charge in [0.1, 0.15) is 17.7 Å². The van der Waals surface area contributed by atoms with E-state index in [-0.39, 0.29) is 33.8 Å². The number of nitrogens with zero attached hydrogens (tertiary/aromatic N) is 3. The van der Waals surface area contributed by atoms with Crippen molar-refractivity contribution >= 4 is 52.1 Å². The number of hydrogen-bond acceptors (Lipinski definition) is 8. The number of piperidine rings is 1. The third-order valence-corrected chi connectivity index (χ3v) is 8.08. The molecule has 0 bridgehead atoms. The van der Waals surface area contributed by atoms with Crippen LogP contribution in [-0.4, -0.2) is 78.2 Å². The Kier molecular flexibility index (Phi) is 12.0. The summed E-state index contributed by atoms with van der Waals surface area (Å²) in [5.74, 6) is -4.26. The molecule has 262 valence electrons. The molecule has 0 saturated carbocycles. The van der Waals surface area contributed by atoms with Crippen molar-refractivity contribution in [1.82, 2.24) is 4.90 Å². The Labute approximate surface area is 282 Å². The first-order valence-corrected chi connectivity index (χ1v) is 15.4. The normalized spacial score (nSPS) is 15.2. The number of carbonyl (C=O) groups excluding carboxylic acids is 2. The lowest BCUT2D eigenvalue weighted by atomic mass is 10.1. The van der Waals surface area contributed by atoms with Gasteiger partial charge in [-0.25, -0.2) is 9.18 Å². The van der Waals surface area contributed by atoms with Gasteiger partial charge in [-0.1, -0.05) is 11.6 Å². The van der Waals surface area contributed by atoms with Crippen molar-refractivity contribution in [3.8, 4) is 5.75 Å². The fourth-order valence-electron chi connectivity index (χ4n) is 5.16. The molecule has 2 heterocycles. The number of ether oxygens (including phenoxy) is 1. The first-order chi connectivity index (χ1) is 23.1. The van der Waals surface area contributed by atoms with Gasteiger partial charge in [-0.15, -0.1) is 0 Å². The summed E-state index contributed by atoms with van der Waals surface area (Å²) in [6.07, 6.45) is -1.25. The maximum atomic E-state index is 14.3. The van der Waals surface area contributed by atoms with Crippen LogP contribution in [0.3, 0.4) is 0 Å². The van der Waals surface area contributed by atoms with E-state index in [0.717, 1.165) is 75.7 Å². The predicted octanol–water partition coefficient (Wildman–Crippen LogP) is 6.60. The lowest BCUT2D eigenvalue weighted by molar-refractivity contribution is -0.384. The van der Waals surface area contributed by atoms with Crippen molar-refractivity contribution in [3.63, 3.8) is 0 Å². The topological polar surface area (TPSA) is 154 Å². The Morgan fingerprint density at radius 2 is 1.51 bits per heavy atom. The molecule has 2 fully saturated rings. The number of hydrogen-bond donors (Lipinski definition) is 3. The molecule has 2 aliphatic rings. The molecule has 0 aliphatic carbocycles. The molecule has 0 atom stereocenters. The number of nitrogens with one attached hydrogen (secondary N) is 2. The van der Waals surface area contributed by atoms with Gasteiger partial charge in [-0.2, -0.15) is 13.2 Å². The fraction of sp³-hybridized carbons (Fsp3) is 0.344. The lowest BCUT2D eigenvalue weighted by Crippen LogP contribution is -2.36. The molecule has 49 heavy (non-hydrogen) atoms. The minimum Gasteiger partial charge on any atom is -0.489 e. The van der Waals surface area contributed by atoms with Gasteiger partial charge in [0.05, 0.1) is 32.4 Å². The Bertz CT molecular complexity index is 1710. The zero-order chi connectivity index (χ0) is 35.9. The van der Waals surface area contributed by atoms with Crippen LogP contribution >= 0.6 is 11.6 Å². The number of nitro benzene ring substituents is 1. The van der Waals surface area contributed by atoms with Crippen LogP contribution in [-0.2, 0) is 4.79 Å². The van der Waals surface area contributed by atoms with Gasteiger partial charge in [0.2, 0.25) is 0 Å². The molecule has 3 aromatic rings. The Hall–Kier alpha value is -4.96. The number of rotatable bonds is 8. The molecule has 3 N–H and O–H groups in total. The van der Waals surface area contributed by atoms with Crippen LogP contribution in [0.5, 0.6) is 5.75 Å². The first kappa shape index (κ1) is 36.9. The maximum Gasteiger partial charge on any atom is 0.490 e. The summed E-state index contributed by atoms with van der Waals surface area (Å²) >= 11 is 6.12. The molecular weight excluding hydrogens is 678 g/mol. The SMILES string of the molecule is CN1CCC(Oc2cc(N3CCCC3)ccc2C(=O)Nc2ccc(F)cc2C(=O)Nc2ccc([N+](=O)[O-])cc2Cl)CC1.O=C(O)C(F)(F)F. The largest absolute Gasteiger partial charge is 0.490 e. The summed E-state index contributed by atoms with van der Waals surface area (Å²) in [4.78, 5) is 50.6. The second-order valence-electron chi connectivity index (χ2n) is 11.3. The number of non-ortho nitro benzene ring substituents is 1. The number of benzene rings is 3. The van der Waals surface area contributed by atoms with E-state index in [2.05, 4.69) is 27.5 Å². The van der Waals surface area contributed by atoms with Gasteiger partial charge in [0.15, 0.2) is 0 Å². The second kappa shape index (κ2) is 16.0. The van der Waals surface area contributed by atoms with E-state index in [9.17, 15) is 37.3 Å². The van der Waals surface area contributed by atoms with Crippen LogP contribution in [0.2, 0.25) is 5.02 Å². The molecule has 12 nitrogen and oxygen atoms in total. The number of likely N-dealkylation sites (tertiary alicyclic amines) is 1. The molecule has 17 heteroatoms. The minimum absolute atomic E-state index is 0.0415. The third-order valence-electron chi connectivity index (χ3n) is 7.77. The molecule has 0 unspecified atom stereocenters. The summed E-state index contributed by atoms with van der Waals surface area (Å²) < 4.78 is 52.4. The van der Waals surface area contributed by atoms with Crippen LogP contribution in [0, 0.1) is 15.9 Å². The van der Waals surface area contributed by atoms with Gasteiger partial charge in [-0.05, 0) is 69.1 Å². The van der Waals surface area contributed by atoms with E-state index < -0.39 is 34.7 Å². The molecule has 5 rings (SSSR count). The fourth-order valence-corrected chi connectivity index (χ4v) is 5.38. The zero-order valence-electron chi connectivity index (χ0n) is 26.1. The number of anilines is 3. The monoisotopic (exact) mass is 709 g/mol.